The minimum Gasteiger partial charge on any atom is -0.349 e. The predicted octanol–water partition coefficient (Wildman–Crippen LogP) is 6.91. The molecule has 1 heterocycles. The number of para-hydroxylation sites is 1. The first-order valence-corrected chi connectivity index (χ1v) is 12.2. The van der Waals surface area contributed by atoms with Crippen LogP contribution < -0.4 is 5.32 Å². The zero-order chi connectivity index (χ0) is 23.9. The van der Waals surface area contributed by atoms with Gasteiger partial charge in [-0.05, 0) is 43.4 Å². The molecular formula is C30H33N3O. The van der Waals surface area contributed by atoms with Gasteiger partial charge in [0, 0.05) is 35.3 Å². The Balaban J connectivity index is 1.87. The summed E-state index contributed by atoms with van der Waals surface area (Å²) >= 11 is 0. The highest BCUT2D eigenvalue weighted by atomic mass is 16.1. The predicted molar refractivity (Wildman–Crippen MR) is 142 cm³/mol. The molecule has 1 aliphatic rings. The third kappa shape index (κ3) is 5.17. The lowest BCUT2D eigenvalue weighted by Crippen LogP contribution is -2.39. The van der Waals surface area contributed by atoms with Crippen LogP contribution in [0.5, 0.6) is 0 Å². The van der Waals surface area contributed by atoms with Crippen LogP contribution in [0.4, 0.5) is 0 Å². The van der Waals surface area contributed by atoms with Crippen molar-refractivity contribution in [1.82, 2.24) is 10.3 Å². The Morgan fingerprint density at radius 2 is 1.79 bits per heavy atom. The lowest BCUT2D eigenvalue weighted by Gasteiger charge is -2.29. The Kier molecular flexibility index (Phi) is 7.69. The molecule has 0 bridgehead atoms. The second kappa shape index (κ2) is 11.1. The van der Waals surface area contributed by atoms with Gasteiger partial charge in [0.25, 0.3) is 5.91 Å². The number of rotatable bonds is 8. The fourth-order valence-electron chi connectivity index (χ4n) is 5.02. The molecule has 4 nitrogen and oxygen atoms in total. The summed E-state index contributed by atoms with van der Waals surface area (Å²) in [6, 6.07) is 18.0. The van der Waals surface area contributed by atoms with E-state index in [1.54, 1.807) is 6.08 Å². The highest BCUT2D eigenvalue weighted by Gasteiger charge is 2.26. The summed E-state index contributed by atoms with van der Waals surface area (Å²) < 4.78 is 0. The van der Waals surface area contributed by atoms with Gasteiger partial charge in [-0.3, -0.25) is 9.79 Å². The highest BCUT2D eigenvalue weighted by molar-refractivity contribution is 6.11. The monoisotopic (exact) mass is 451 g/mol. The third-order valence-electron chi connectivity index (χ3n) is 6.83. The van der Waals surface area contributed by atoms with Crippen molar-refractivity contribution < 1.29 is 4.79 Å². The van der Waals surface area contributed by atoms with Crippen LogP contribution in [0.1, 0.15) is 54.9 Å². The summed E-state index contributed by atoms with van der Waals surface area (Å²) in [5.41, 5.74) is 4.86. The zero-order valence-corrected chi connectivity index (χ0v) is 20.0. The molecule has 174 valence electrons. The summed E-state index contributed by atoms with van der Waals surface area (Å²) in [6.07, 6.45) is 9.80. The van der Waals surface area contributed by atoms with Gasteiger partial charge in [0.15, 0.2) is 0 Å². The maximum absolute atomic E-state index is 13.9. The van der Waals surface area contributed by atoms with Crippen LogP contribution in [0.25, 0.3) is 22.2 Å². The fourth-order valence-corrected chi connectivity index (χ4v) is 5.02. The third-order valence-corrected chi connectivity index (χ3v) is 6.83. The van der Waals surface area contributed by atoms with Gasteiger partial charge in [0.1, 0.15) is 0 Å². The largest absolute Gasteiger partial charge is 0.349 e. The van der Waals surface area contributed by atoms with E-state index in [1.165, 1.54) is 38.3 Å². The summed E-state index contributed by atoms with van der Waals surface area (Å²) in [5.74, 6) is 0.472. The van der Waals surface area contributed by atoms with Gasteiger partial charge in [-0.25, -0.2) is 4.98 Å². The van der Waals surface area contributed by atoms with Crippen LogP contribution in [0.3, 0.4) is 0 Å². The molecule has 34 heavy (non-hydrogen) atoms. The number of aromatic nitrogens is 1. The molecule has 1 atom stereocenters. The Morgan fingerprint density at radius 3 is 2.50 bits per heavy atom. The van der Waals surface area contributed by atoms with Crippen molar-refractivity contribution in [3.05, 3.63) is 91.2 Å². The Morgan fingerprint density at radius 1 is 1.09 bits per heavy atom. The van der Waals surface area contributed by atoms with Crippen LogP contribution in [0.2, 0.25) is 0 Å². The number of nitrogens with zero attached hydrogens (tertiary/aromatic N) is 2. The molecule has 1 amide bonds. The highest BCUT2D eigenvalue weighted by Crippen LogP contribution is 2.32. The minimum atomic E-state index is -0.0501. The van der Waals surface area contributed by atoms with Crippen LogP contribution in [-0.2, 0) is 6.42 Å². The number of fused-ring (bicyclic) bond motifs is 1. The van der Waals surface area contributed by atoms with E-state index in [9.17, 15) is 4.79 Å². The van der Waals surface area contributed by atoms with Gasteiger partial charge < -0.3 is 5.32 Å². The smallest absolute Gasteiger partial charge is 0.252 e. The van der Waals surface area contributed by atoms with E-state index in [0.717, 1.165) is 33.4 Å². The molecule has 4 rings (SSSR count). The summed E-state index contributed by atoms with van der Waals surface area (Å²) in [5, 5.41) is 4.20. The maximum atomic E-state index is 13.9. The number of hydrogen-bond acceptors (Lipinski definition) is 3. The number of aliphatic imine (C=N–C) groups is 1. The topological polar surface area (TPSA) is 54.4 Å². The maximum Gasteiger partial charge on any atom is 0.252 e. The van der Waals surface area contributed by atoms with Crippen molar-refractivity contribution in [1.29, 1.82) is 0 Å². The molecule has 1 aliphatic carbocycles. The second-order valence-corrected chi connectivity index (χ2v) is 9.04. The Bertz CT molecular complexity index is 1210. The van der Waals surface area contributed by atoms with Crippen molar-refractivity contribution >= 4 is 22.5 Å². The number of nitrogens with one attached hydrogen (secondary N) is 1. The van der Waals surface area contributed by atoms with Crippen LogP contribution in [0.15, 0.2) is 85.0 Å². The second-order valence-electron chi connectivity index (χ2n) is 9.04. The molecule has 0 saturated heterocycles. The van der Waals surface area contributed by atoms with E-state index in [-0.39, 0.29) is 11.9 Å². The molecule has 1 N–H and O–H groups in total. The summed E-state index contributed by atoms with van der Waals surface area (Å²) in [7, 11) is 0. The number of benzene rings is 2. The number of carbonyl (C=O) groups excluding carboxylic acids is 1. The van der Waals surface area contributed by atoms with Gasteiger partial charge in [0.05, 0.1) is 16.8 Å². The normalized spacial score (nSPS) is 15.6. The zero-order valence-electron chi connectivity index (χ0n) is 20.0. The lowest BCUT2D eigenvalue weighted by molar-refractivity contribution is 0.0920. The molecule has 1 aromatic heterocycles. The molecule has 4 heteroatoms. The van der Waals surface area contributed by atoms with E-state index in [4.69, 9.17) is 4.98 Å². The number of amides is 1. The van der Waals surface area contributed by atoms with Crippen LogP contribution in [-0.4, -0.2) is 22.6 Å². The molecular weight excluding hydrogens is 418 g/mol. The first kappa shape index (κ1) is 23.6. The van der Waals surface area contributed by atoms with Crippen molar-refractivity contribution in [3.8, 4) is 11.3 Å². The average molecular weight is 452 g/mol. The SMILES string of the molecule is C=CN=C(C=C)Cc1c(-c2ccccc2)nc2ccccc2c1C(=O)NC(C)C1CCCCC1. The molecule has 0 aliphatic heterocycles. The van der Waals surface area contributed by atoms with E-state index < -0.39 is 0 Å². The van der Waals surface area contributed by atoms with E-state index >= 15 is 0 Å². The van der Waals surface area contributed by atoms with Crippen molar-refractivity contribution in [3.63, 3.8) is 0 Å². The van der Waals surface area contributed by atoms with E-state index in [0.29, 0.717) is 17.9 Å². The molecule has 0 spiro atoms. The van der Waals surface area contributed by atoms with Crippen molar-refractivity contribution in [2.45, 2.75) is 51.5 Å². The molecule has 1 fully saturated rings. The van der Waals surface area contributed by atoms with Crippen LogP contribution >= 0.6 is 0 Å². The van der Waals surface area contributed by atoms with Gasteiger partial charge in [0.2, 0.25) is 0 Å². The van der Waals surface area contributed by atoms with Gasteiger partial charge in [-0.1, -0.05) is 81.0 Å². The Hall–Kier alpha value is -3.53. The molecule has 3 aromatic rings. The summed E-state index contributed by atoms with van der Waals surface area (Å²) in [6.45, 7) is 9.81. The average Bonchev–Trinajstić information content (AvgIpc) is 2.88. The van der Waals surface area contributed by atoms with Gasteiger partial charge in [-0.2, -0.15) is 0 Å². The van der Waals surface area contributed by atoms with Gasteiger partial charge in [-0.15, -0.1) is 0 Å². The summed E-state index contributed by atoms with van der Waals surface area (Å²) in [4.78, 5) is 23.3. The first-order valence-electron chi connectivity index (χ1n) is 12.2. The first-order chi connectivity index (χ1) is 16.6. The lowest BCUT2D eigenvalue weighted by atomic mass is 9.84. The fraction of sp³-hybridized carbons (Fsp3) is 0.300. The molecule has 0 radical (unpaired) electrons. The number of pyridine rings is 1. The number of hydrogen-bond donors (Lipinski definition) is 1. The molecule has 1 saturated carbocycles. The van der Waals surface area contributed by atoms with E-state index in [2.05, 4.69) is 30.4 Å². The van der Waals surface area contributed by atoms with Crippen molar-refractivity contribution in [2.24, 2.45) is 10.9 Å². The Labute approximate surface area is 202 Å². The number of carbonyl (C=O) groups is 1. The van der Waals surface area contributed by atoms with Crippen LogP contribution in [0, 0.1) is 5.92 Å². The van der Waals surface area contributed by atoms with Crippen molar-refractivity contribution in [2.75, 3.05) is 0 Å². The molecule has 1 unspecified atom stereocenters. The quantitative estimate of drug-likeness (QED) is 0.378. The van der Waals surface area contributed by atoms with E-state index in [1.807, 2.05) is 54.6 Å². The molecule has 2 aromatic carbocycles. The number of allylic oxidation sites excluding steroid dienone is 1. The standard InChI is InChI=1S/C30H33N3O/c1-4-24(31-5-2)20-26-28(30(34)32-21(3)22-14-8-6-9-15-22)25-18-12-13-19-27(25)33-29(26)23-16-10-7-11-17-23/h4-5,7,10-13,16-19,21-22H,1-2,6,8-9,14-15,20H2,3H3,(H,32,34). The van der Waals surface area contributed by atoms with Gasteiger partial charge >= 0.3 is 0 Å². The minimum absolute atomic E-state index is 0.0501.